The molecule has 8 saturated carbocycles. The Kier molecular flexibility index (Phi) is 42.1. The second kappa shape index (κ2) is 44.3. The SMILES string of the molecule is CCCCC1=CC([Si](C)(C)[Si](C)(C)C2C(C)=Cc3c2cc2c(c3Br)CCC2)C=C1.CCCCC1=CC([Si](C)(C)[Si](C)(C)Cl)C=C1.CCCCC1CCC([Si](C)(C)[Si](C)(C)C2C(C)CC3C(Br)C4CCCC4CC32)C1.CCCCC1CCC([Si](C)(C)[Si](C)(C)C2C(C)CC3C(Br)C4CCCC4CC32)C1.[CH3-].[CH3-].[Cl][Zr+2][Cl].[Li+].[Li+]. The van der Waals surface area contributed by atoms with Crippen molar-refractivity contribution in [1.82, 2.24) is 0 Å². The van der Waals surface area contributed by atoms with Crippen LogP contribution in [-0.4, -0.2) is 69.7 Å². The Morgan fingerprint density at radius 1 is 0.473 bits per heavy atom. The van der Waals surface area contributed by atoms with Crippen molar-refractivity contribution in [3.05, 3.63) is 101 Å². The van der Waals surface area contributed by atoms with Gasteiger partial charge in [-0.05, 0) is 238 Å². The molecule has 12 aliphatic carbocycles. The van der Waals surface area contributed by atoms with Crippen LogP contribution in [0.1, 0.15) is 262 Å². The van der Waals surface area contributed by atoms with E-state index >= 15 is 0 Å². The first-order valence-corrected chi connectivity index (χ1v) is 83.5. The quantitative estimate of drug-likeness (QED) is 0.0443. The summed E-state index contributed by atoms with van der Waals surface area (Å²) in [5.74, 6) is 12.5. The Balaban J connectivity index is 0.000000261. The van der Waals surface area contributed by atoms with Gasteiger partial charge in [-0.3, -0.25) is 0 Å². The Bertz CT molecular complexity index is 3120. The minimum Gasteiger partial charge on any atom is 1.00 e. The summed E-state index contributed by atoms with van der Waals surface area (Å²) in [5.41, 5.74) is 17.7. The zero-order valence-corrected chi connectivity index (χ0v) is 93.9. The Morgan fingerprint density at radius 3 is 1.28 bits per heavy atom. The van der Waals surface area contributed by atoms with Crippen LogP contribution in [-0.2, 0) is 33.7 Å². The second-order valence-corrected chi connectivity index (χ2v) is 116. The number of alkyl halides is 2. The van der Waals surface area contributed by atoms with Crippen LogP contribution in [0.2, 0.25) is 138 Å². The molecule has 0 N–H and O–H groups in total. The predicted octanol–water partition coefficient (Wildman–Crippen LogP) is 28.2. The first-order chi connectivity index (χ1) is 49.7. The summed E-state index contributed by atoms with van der Waals surface area (Å²) < 4.78 is 1.41. The number of hydrogen-bond acceptors (Lipinski definition) is 0. The normalized spacial score (nSPS) is 33.3. The molecule has 0 aliphatic heterocycles. The Morgan fingerprint density at radius 2 is 0.882 bits per heavy atom. The van der Waals surface area contributed by atoms with Gasteiger partial charge in [-0.1, -0.05) is 359 Å². The molecule has 616 valence electrons. The zero-order valence-electron chi connectivity index (χ0n) is 76.4. The van der Waals surface area contributed by atoms with E-state index in [2.05, 4.69) is 250 Å². The van der Waals surface area contributed by atoms with Crippen molar-refractivity contribution in [2.24, 2.45) is 71.0 Å². The van der Waals surface area contributed by atoms with Gasteiger partial charge >= 0.3 is 75.6 Å². The van der Waals surface area contributed by atoms with Crippen molar-refractivity contribution in [3.8, 4) is 0 Å². The largest absolute Gasteiger partial charge is 1.00 e. The maximum atomic E-state index is 6.69. The number of benzene rings is 1. The number of allylic oxidation sites excluding steroid dienone is 9. The maximum absolute atomic E-state index is 6.69. The average molecular weight is 1960 g/mol. The molecule has 8 fully saturated rings. The van der Waals surface area contributed by atoms with E-state index < -0.39 is 80.9 Å². The van der Waals surface area contributed by atoms with Crippen LogP contribution in [0.5, 0.6) is 0 Å². The molecular formula is C93H166Br3Cl3Li2Si8Zr+2. The van der Waals surface area contributed by atoms with Crippen molar-refractivity contribution in [2.45, 2.75) is 401 Å². The average Bonchev–Trinajstić information content (AvgIpc) is 1.57. The van der Waals surface area contributed by atoms with Crippen LogP contribution >= 0.6 is 75.9 Å². The molecule has 0 heterocycles. The first-order valence-electron chi connectivity index (χ1n) is 45.0. The molecule has 0 saturated heterocycles. The molecule has 17 heteroatoms. The fourth-order valence-corrected chi connectivity index (χ4v) is 77.0. The van der Waals surface area contributed by atoms with Crippen LogP contribution < -0.4 is 37.7 Å². The second-order valence-electron chi connectivity index (χ2n) is 42.8. The molecule has 0 bridgehead atoms. The van der Waals surface area contributed by atoms with Gasteiger partial charge in [-0.2, -0.15) is 11.1 Å². The Hall–Kier alpha value is 4.04. The van der Waals surface area contributed by atoms with Crippen molar-refractivity contribution in [2.75, 3.05) is 0 Å². The van der Waals surface area contributed by atoms with Gasteiger partial charge in [-0.15, -0.1) is 0 Å². The summed E-state index contributed by atoms with van der Waals surface area (Å²) in [7, 11) is 0.649. The van der Waals surface area contributed by atoms with E-state index in [1.165, 1.54) is 132 Å². The summed E-state index contributed by atoms with van der Waals surface area (Å²) >= 11 is 18.5. The summed E-state index contributed by atoms with van der Waals surface area (Å²) in [6.07, 6.45) is 62.7. The summed E-state index contributed by atoms with van der Waals surface area (Å²) in [6.45, 7) is 59.0. The monoisotopic (exact) mass is 1950 g/mol. The number of unbranched alkanes of at least 4 members (excludes halogenated alkanes) is 4. The molecule has 1 aromatic carbocycles. The molecule has 0 radical (unpaired) electrons. The van der Waals surface area contributed by atoms with E-state index in [1.807, 2.05) is 0 Å². The third kappa shape index (κ3) is 22.5. The van der Waals surface area contributed by atoms with Crippen LogP contribution in [0.15, 0.2) is 63.7 Å². The van der Waals surface area contributed by atoms with E-state index in [0.717, 1.165) is 103 Å². The van der Waals surface area contributed by atoms with E-state index in [0.29, 0.717) is 16.6 Å². The van der Waals surface area contributed by atoms with Gasteiger partial charge in [-0.25, -0.2) is 0 Å². The van der Waals surface area contributed by atoms with Crippen molar-refractivity contribution in [1.29, 1.82) is 0 Å². The fourth-order valence-electron chi connectivity index (χ4n) is 26.5. The minimum absolute atomic E-state index is 0. The van der Waals surface area contributed by atoms with Gasteiger partial charge in [0.05, 0.1) is 22.8 Å². The number of halogens is 6. The molecular weight excluding hydrogens is 1790 g/mol. The number of rotatable bonds is 23. The molecule has 12 aliphatic rings. The minimum atomic E-state index is -1.54. The van der Waals surface area contributed by atoms with E-state index in [-0.39, 0.29) is 52.6 Å². The van der Waals surface area contributed by atoms with Gasteiger partial charge in [0.25, 0.3) is 0 Å². The maximum Gasteiger partial charge on any atom is 1.00 e. The standard InChI is InChI=1S/2C26H49BrSi2.C26H37BrSi2.C13H25ClSi2.2CH3.2ClH.2Li.Zr/c3*1-7-8-10-19-13-14-21(16-19)28(3,4)29(5,6)26-18(2)15-23-24(26)17-20-11-9-12-22(20)25(23)27;1-6-7-8-12-9-10-13(11-12)15(2,3)16(4,5)14;;;;;;;/h2*18-26H,7-17H2,1-6H3;13-17,21,26H,7-12H2,1-6H3;9-11,13H,6-8H2,1-5H3;2*1H3;2*1H;;;/q;;;;2*-1;;;2*+1;+4/p-2. The van der Waals surface area contributed by atoms with Gasteiger partial charge in [0, 0.05) is 44.5 Å². The smallest absolute Gasteiger partial charge is 1.00 e. The van der Waals surface area contributed by atoms with Crippen LogP contribution in [0.3, 0.4) is 0 Å². The number of aryl methyl sites for hydroxylation is 1. The van der Waals surface area contributed by atoms with Gasteiger partial charge in [0.15, 0.2) is 0 Å². The first kappa shape index (κ1) is 105. The number of hydrogen-bond donors (Lipinski definition) is 0. The molecule has 21 atom stereocenters. The van der Waals surface area contributed by atoms with E-state index in [9.17, 15) is 0 Å². The van der Waals surface area contributed by atoms with E-state index in [4.69, 9.17) is 28.1 Å². The van der Waals surface area contributed by atoms with Crippen molar-refractivity contribution in [3.63, 3.8) is 0 Å². The summed E-state index contributed by atoms with van der Waals surface area (Å²) in [5, 5.41) is 0. The predicted molar refractivity (Wildman–Crippen MR) is 520 cm³/mol. The Labute approximate surface area is 764 Å². The molecule has 1 aromatic rings. The summed E-state index contributed by atoms with van der Waals surface area (Å²) in [6, 6.07) is 2.62. The molecule has 110 heavy (non-hydrogen) atoms. The molecule has 13 rings (SSSR count). The van der Waals surface area contributed by atoms with Gasteiger partial charge < -0.3 is 14.9 Å². The van der Waals surface area contributed by atoms with Crippen LogP contribution in [0.25, 0.3) is 6.08 Å². The topological polar surface area (TPSA) is 0 Å². The van der Waals surface area contributed by atoms with Crippen molar-refractivity contribution >= 4 is 142 Å². The third-order valence-corrected chi connectivity index (χ3v) is 120. The molecule has 21 unspecified atom stereocenters. The molecule has 0 spiro atoms. The molecule has 0 aromatic heterocycles. The molecule has 0 nitrogen and oxygen atoms in total. The van der Waals surface area contributed by atoms with Crippen molar-refractivity contribution < 1.29 is 58.6 Å². The van der Waals surface area contributed by atoms with E-state index in [1.54, 1.807) is 110 Å². The summed E-state index contributed by atoms with van der Waals surface area (Å²) in [4.78, 5) is 1.70. The molecule has 0 amide bonds. The third-order valence-electron chi connectivity index (χ3n) is 35.4. The van der Waals surface area contributed by atoms with Crippen LogP contribution in [0, 0.1) is 85.9 Å². The van der Waals surface area contributed by atoms with Crippen LogP contribution in [0.4, 0.5) is 0 Å². The zero-order chi connectivity index (χ0) is 78.0. The number of fused-ring (bicyclic) bond motifs is 6. The fraction of sp³-hybridized carbons (Fsp3) is 0.806. The van der Waals surface area contributed by atoms with Gasteiger partial charge in [0.1, 0.15) is 6.90 Å². The van der Waals surface area contributed by atoms with Gasteiger partial charge in [0.2, 0.25) is 0 Å².